The molecule has 1 aromatic rings. The standard InChI is InChI=1S/C19H29NO4/c1-3-23-19(21)16-8-7-12-20(15-16)11-4-5-13-24-18-10-6-9-17(14-18)22-2/h6,9-10,14,16H,3-5,7-8,11-13,15H2,1-2H3/t16-/m0/s1. The maximum Gasteiger partial charge on any atom is 0.310 e. The number of hydrogen-bond acceptors (Lipinski definition) is 5. The van der Waals surface area contributed by atoms with Gasteiger partial charge < -0.3 is 19.1 Å². The zero-order valence-electron chi connectivity index (χ0n) is 14.8. The Kier molecular flexibility index (Phi) is 7.89. The van der Waals surface area contributed by atoms with E-state index in [4.69, 9.17) is 14.2 Å². The summed E-state index contributed by atoms with van der Waals surface area (Å²) in [6, 6.07) is 7.67. The molecule has 0 radical (unpaired) electrons. The Morgan fingerprint density at radius 3 is 2.92 bits per heavy atom. The SMILES string of the molecule is CCOC(=O)[C@H]1CCCN(CCCCOc2cccc(OC)c2)C1. The quantitative estimate of drug-likeness (QED) is 0.512. The molecule has 0 N–H and O–H groups in total. The molecule has 1 atom stereocenters. The molecule has 0 saturated carbocycles. The monoisotopic (exact) mass is 335 g/mol. The van der Waals surface area contributed by atoms with Crippen LogP contribution in [-0.2, 0) is 9.53 Å². The number of likely N-dealkylation sites (tertiary alicyclic amines) is 1. The first kappa shape index (κ1) is 18.6. The van der Waals surface area contributed by atoms with Crippen molar-refractivity contribution in [1.29, 1.82) is 0 Å². The molecular formula is C19H29NO4. The molecule has 134 valence electrons. The highest BCUT2D eigenvalue weighted by Crippen LogP contribution is 2.20. The molecule has 1 aliphatic heterocycles. The van der Waals surface area contributed by atoms with Crippen molar-refractivity contribution in [2.75, 3.05) is 40.0 Å². The summed E-state index contributed by atoms with van der Waals surface area (Å²) in [5.74, 6) is 1.66. The molecular weight excluding hydrogens is 306 g/mol. The first-order valence-electron chi connectivity index (χ1n) is 8.88. The number of hydrogen-bond donors (Lipinski definition) is 0. The number of benzene rings is 1. The van der Waals surface area contributed by atoms with Gasteiger partial charge in [0.05, 0.1) is 26.2 Å². The Balaban J connectivity index is 1.62. The Bertz CT molecular complexity index is 506. The van der Waals surface area contributed by atoms with E-state index >= 15 is 0 Å². The largest absolute Gasteiger partial charge is 0.497 e. The van der Waals surface area contributed by atoms with Crippen LogP contribution >= 0.6 is 0 Å². The number of rotatable bonds is 9. The van der Waals surface area contributed by atoms with Crippen molar-refractivity contribution in [2.24, 2.45) is 5.92 Å². The lowest BCUT2D eigenvalue weighted by atomic mass is 9.98. The van der Waals surface area contributed by atoms with Gasteiger partial charge in [0.1, 0.15) is 11.5 Å². The van der Waals surface area contributed by atoms with Crippen LogP contribution in [0.15, 0.2) is 24.3 Å². The van der Waals surface area contributed by atoms with Crippen LogP contribution in [0.4, 0.5) is 0 Å². The van der Waals surface area contributed by atoms with E-state index in [1.165, 1.54) is 0 Å². The highest BCUT2D eigenvalue weighted by molar-refractivity contribution is 5.72. The van der Waals surface area contributed by atoms with E-state index < -0.39 is 0 Å². The molecule has 1 saturated heterocycles. The van der Waals surface area contributed by atoms with Crippen LogP contribution in [0.2, 0.25) is 0 Å². The van der Waals surface area contributed by atoms with Gasteiger partial charge in [-0.2, -0.15) is 0 Å². The second-order valence-electron chi connectivity index (χ2n) is 6.13. The number of piperidine rings is 1. The lowest BCUT2D eigenvalue weighted by Crippen LogP contribution is -2.39. The minimum Gasteiger partial charge on any atom is -0.497 e. The van der Waals surface area contributed by atoms with Gasteiger partial charge in [-0.25, -0.2) is 0 Å². The summed E-state index contributed by atoms with van der Waals surface area (Å²) >= 11 is 0. The summed E-state index contributed by atoms with van der Waals surface area (Å²) in [5.41, 5.74) is 0. The van der Waals surface area contributed by atoms with Crippen LogP contribution in [0.1, 0.15) is 32.6 Å². The van der Waals surface area contributed by atoms with E-state index in [0.717, 1.165) is 56.8 Å². The van der Waals surface area contributed by atoms with E-state index in [1.807, 2.05) is 31.2 Å². The average molecular weight is 335 g/mol. The molecule has 2 rings (SSSR count). The third kappa shape index (κ3) is 6.04. The molecule has 5 nitrogen and oxygen atoms in total. The van der Waals surface area contributed by atoms with Crippen molar-refractivity contribution in [3.8, 4) is 11.5 Å². The second kappa shape index (κ2) is 10.2. The summed E-state index contributed by atoms with van der Waals surface area (Å²) in [6.07, 6.45) is 4.09. The topological polar surface area (TPSA) is 48.0 Å². The van der Waals surface area contributed by atoms with Crippen molar-refractivity contribution in [3.63, 3.8) is 0 Å². The second-order valence-corrected chi connectivity index (χ2v) is 6.13. The van der Waals surface area contributed by atoms with Gasteiger partial charge in [0, 0.05) is 12.6 Å². The predicted octanol–water partition coefficient (Wildman–Crippen LogP) is 3.13. The van der Waals surface area contributed by atoms with Crippen LogP contribution < -0.4 is 9.47 Å². The maximum absolute atomic E-state index is 11.8. The third-order valence-electron chi connectivity index (χ3n) is 4.30. The van der Waals surface area contributed by atoms with Crippen LogP contribution in [0, 0.1) is 5.92 Å². The lowest BCUT2D eigenvalue weighted by molar-refractivity contribution is -0.149. The summed E-state index contributed by atoms with van der Waals surface area (Å²) < 4.78 is 16.1. The first-order valence-corrected chi connectivity index (χ1v) is 8.88. The van der Waals surface area contributed by atoms with Crippen molar-refractivity contribution in [2.45, 2.75) is 32.6 Å². The summed E-state index contributed by atoms with van der Waals surface area (Å²) in [5, 5.41) is 0. The van der Waals surface area contributed by atoms with Crippen LogP contribution in [-0.4, -0.2) is 50.8 Å². The van der Waals surface area contributed by atoms with Gasteiger partial charge in [0.15, 0.2) is 0 Å². The van der Waals surface area contributed by atoms with Gasteiger partial charge in [-0.05, 0) is 57.8 Å². The van der Waals surface area contributed by atoms with Crippen molar-refractivity contribution >= 4 is 5.97 Å². The zero-order chi connectivity index (χ0) is 17.2. The van der Waals surface area contributed by atoms with E-state index in [1.54, 1.807) is 7.11 Å². The normalized spacial score (nSPS) is 18.2. The van der Waals surface area contributed by atoms with Gasteiger partial charge in [-0.1, -0.05) is 6.07 Å². The summed E-state index contributed by atoms with van der Waals surface area (Å²) in [6.45, 7) is 5.94. The maximum atomic E-state index is 11.8. The van der Waals surface area contributed by atoms with Crippen molar-refractivity contribution in [3.05, 3.63) is 24.3 Å². The molecule has 1 aromatic carbocycles. The number of nitrogens with zero attached hydrogens (tertiary/aromatic N) is 1. The molecule has 0 unspecified atom stereocenters. The molecule has 1 heterocycles. The minimum atomic E-state index is -0.0384. The fourth-order valence-electron chi connectivity index (χ4n) is 3.03. The van der Waals surface area contributed by atoms with Gasteiger partial charge in [0.2, 0.25) is 0 Å². The summed E-state index contributed by atoms with van der Waals surface area (Å²) in [4.78, 5) is 14.2. The van der Waals surface area contributed by atoms with Gasteiger partial charge >= 0.3 is 5.97 Å². The van der Waals surface area contributed by atoms with Gasteiger partial charge in [0.25, 0.3) is 0 Å². The predicted molar refractivity (Wildman–Crippen MR) is 93.5 cm³/mol. The van der Waals surface area contributed by atoms with Gasteiger partial charge in [-0.3, -0.25) is 4.79 Å². The number of methoxy groups -OCH3 is 1. The Hall–Kier alpha value is -1.75. The lowest BCUT2D eigenvalue weighted by Gasteiger charge is -2.31. The molecule has 0 spiro atoms. The van der Waals surface area contributed by atoms with Crippen LogP contribution in [0.25, 0.3) is 0 Å². The van der Waals surface area contributed by atoms with Crippen LogP contribution in [0.3, 0.4) is 0 Å². The molecule has 24 heavy (non-hydrogen) atoms. The third-order valence-corrected chi connectivity index (χ3v) is 4.30. The first-order chi connectivity index (χ1) is 11.7. The van der Waals surface area contributed by atoms with Gasteiger partial charge in [-0.15, -0.1) is 0 Å². The minimum absolute atomic E-state index is 0.0384. The van der Waals surface area contributed by atoms with E-state index in [2.05, 4.69) is 4.90 Å². The fourth-order valence-corrected chi connectivity index (χ4v) is 3.03. The molecule has 1 fully saturated rings. The van der Waals surface area contributed by atoms with E-state index in [9.17, 15) is 4.79 Å². The molecule has 5 heteroatoms. The van der Waals surface area contributed by atoms with E-state index in [0.29, 0.717) is 13.2 Å². The molecule has 0 bridgehead atoms. The Labute approximate surface area is 144 Å². The highest BCUT2D eigenvalue weighted by Gasteiger charge is 2.26. The molecule has 0 aliphatic carbocycles. The van der Waals surface area contributed by atoms with Crippen molar-refractivity contribution in [1.82, 2.24) is 4.90 Å². The number of carbonyl (C=O) groups is 1. The zero-order valence-corrected chi connectivity index (χ0v) is 14.8. The average Bonchev–Trinajstić information content (AvgIpc) is 2.62. The molecule has 0 amide bonds. The highest BCUT2D eigenvalue weighted by atomic mass is 16.5. The molecule has 0 aromatic heterocycles. The van der Waals surface area contributed by atoms with Crippen molar-refractivity contribution < 1.29 is 19.0 Å². The number of carbonyl (C=O) groups excluding carboxylic acids is 1. The number of ether oxygens (including phenoxy) is 3. The number of esters is 1. The Morgan fingerprint density at radius 2 is 2.12 bits per heavy atom. The Morgan fingerprint density at radius 1 is 1.29 bits per heavy atom. The molecule has 1 aliphatic rings. The number of unbranched alkanes of at least 4 members (excludes halogenated alkanes) is 1. The smallest absolute Gasteiger partial charge is 0.310 e. The fraction of sp³-hybridized carbons (Fsp3) is 0.632. The van der Waals surface area contributed by atoms with Crippen LogP contribution in [0.5, 0.6) is 11.5 Å². The summed E-state index contributed by atoms with van der Waals surface area (Å²) in [7, 11) is 1.65. The van der Waals surface area contributed by atoms with E-state index in [-0.39, 0.29) is 11.9 Å².